The lowest BCUT2D eigenvalue weighted by Crippen LogP contribution is -2.33. The molecule has 0 bridgehead atoms. The second kappa shape index (κ2) is 12.5. The molecule has 0 saturated carbocycles. The van der Waals surface area contributed by atoms with E-state index in [9.17, 15) is 19.2 Å². The average Bonchev–Trinajstić information content (AvgIpc) is 2.78. The number of nitrogens with two attached hydrogens (primary N) is 3. The largest absolute Gasteiger partial charge is 0.370 e. The Bertz CT molecular complexity index is 1070. The predicted molar refractivity (Wildman–Crippen MR) is 128 cm³/mol. The Morgan fingerprint density at radius 2 is 1.85 bits per heavy atom. The van der Waals surface area contributed by atoms with E-state index in [1.807, 2.05) is 0 Å². The van der Waals surface area contributed by atoms with Gasteiger partial charge in [0.25, 0.3) is 0 Å². The zero-order valence-electron chi connectivity index (χ0n) is 18.1. The SMILES string of the molecule is NC(=O)[C@H](CCCN=C(N)N)CC(=O)CNC(=O)CCC(=O)c1ccc(S)c2ncccc12. The van der Waals surface area contributed by atoms with Crippen LogP contribution in [0.2, 0.25) is 0 Å². The highest BCUT2D eigenvalue weighted by Crippen LogP contribution is 2.24. The number of hydrogen-bond acceptors (Lipinski definition) is 7. The number of primary amides is 1. The summed E-state index contributed by atoms with van der Waals surface area (Å²) >= 11 is 4.35. The van der Waals surface area contributed by atoms with Crippen LogP contribution in [0.4, 0.5) is 0 Å². The third-order valence-corrected chi connectivity index (χ3v) is 5.35. The first-order chi connectivity index (χ1) is 15.7. The summed E-state index contributed by atoms with van der Waals surface area (Å²) in [4.78, 5) is 57.2. The summed E-state index contributed by atoms with van der Waals surface area (Å²) in [6.45, 7) is 0.0824. The van der Waals surface area contributed by atoms with Crippen LogP contribution in [0.5, 0.6) is 0 Å². The number of carbonyl (C=O) groups excluding carboxylic acids is 4. The highest BCUT2D eigenvalue weighted by Gasteiger charge is 2.20. The molecule has 0 aliphatic heterocycles. The van der Waals surface area contributed by atoms with E-state index in [0.717, 1.165) is 0 Å². The highest BCUT2D eigenvalue weighted by atomic mass is 32.1. The first-order valence-corrected chi connectivity index (χ1v) is 10.9. The fraction of sp³-hybridized carbons (Fsp3) is 0.364. The second-order valence-corrected chi connectivity index (χ2v) is 8.00. The van der Waals surface area contributed by atoms with Crippen molar-refractivity contribution in [2.45, 2.75) is 37.0 Å². The Morgan fingerprint density at radius 1 is 1.09 bits per heavy atom. The average molecular weight is 473 g/mol. The maximum atomic E-state index is 12.6. The Labute approximate surface area is 196 Å². The number of pyridine rings is 1. The lowest BCUT2D eigenvalue weighted by Gasteiger charge is -2.12. The van der Waals surface area contributed by atoms with Gasteiger partial charge < -0.3 is 22.5 Å². The molecule has 1 heterocycles. The number of ketones is 2. The van der Waals surface area contributed by atoms with E-state index in [1.54, 1.807) is 30.5 Å². The molecule has 1 atom stereocenters. The molecule has 0 aliphatic carbocycles. The molecule has 0 fully saturated rings. The number of thiol groups is 1. The Hall–Kier alpha value is -3.47. The van der Waals surface area contributed by atoms with Gasteiger partial charge in [-0.3, -0.25) is 29.2 Å². The van der Waals surface area contributed by atoms with Gasteiger partial charge in [0.15, 0.2) is 17.5 Å². The number of aromatic nitrogens is 1. The van der Waals surface area contributed by atoms with Gasteiger partial charge in [-0.1, -0.05) is 6.07 Å². The van der Waals surface area contributed by atoms with Gasteiger partial charge in [-0.05, 0) is 31.0 Å². The summed E-state index contributed by atoms with van der Waals surface area (Å²) in [6.07, 6.45) is 2.28. The summed E-state index contributed by atoms with van der Waals surface area (Å²) < 4.78 is 0. The zero-order valence-corrected chi connectivity index (χ0v) is 19.0. The fourth-order valence-electron chi connectivity index (χ4n) is 3.29. The van der Waals surface area contributed by atoms with Gasteiger partial charge in [0.2, 0.25) is 11.8 Å². The summed E-state index contributed by atoms with van der Waals surface area (Å²) in [5, 5.41) is 3.16. The Balaban J connectivity index is 1.81. The third-order valence-electron chi connectivity index (χ3n) is 4.99. The normalized spacial score (nSPS) is 11.5. The number of aliphatic imine (C=N–C) groups is 1. The van der Waals surface area contributed by atoms with Crippen LogP contribution < -0.4 is 22.5 Å². The monoisotopic (exact) mass is 472 g/mol. The lowest BCUT2D eigenvalue weighted by molar-refractivity contribution is -0.128. The van der Waals surface area contributed by atoms with E-state index in [1.165, 1.54) is 0 Å². The molecule has 0 radical (unpaired) electrons. The molecule has 1 aromatic carbocycles. The quantitative estimate of drug-likeness (QED) is 0.0934. The van der Waals surface area contributed by atoms with Crippen molar-refractivity contribution in [3.05, 3.63) is 36.0 Å². The summed E-state index contributed by atoms with van der Waals surface area (Å²) in [7, 11) is 0. The molecule has 33 heavy (non-hydrogen) atoms. The number of hydrogen-bond donors (Lipinski definition) is 5. The second-order valence-electron chi connectivity index (χ2n) is 7.52. The standard InChI is InChI=1S/C22H28N6O4S/c23-21(32)13(3-1-10-27-22(24)25)11-14(29)12-28-19(31)8-6-17(30)15-5-7-18(33)20-16(15)4-2-9-26-20/h2,4-5,7,9,13,33H,1,3,6,8,10-12H2,(H2,23,32)(H,28,31)(H4,24,25,27)/t13-/m1/s1. The number of guanidine groups is 1. The van der Waals surface area contributed by atoms with Crippen LogP contribution in [-0.2, 0) is 14.4 Å². The predicted octanol–water partition coefficient (Wildman–Crippen LogP) is 0.717. The van der Waals surface area contributed by atoms with Crippen molar-refractivity contribution in [2.24, 2.45) is 28.1 Å². The molecule has 0 saturated heterocycles. The maximum absolute atomic E-state index is 12.6. The number of carbonyl (C=O) groups is 4. The van der Waals surface area contributed by atoms with E-state index >= 15 is 0 Å². The topological polar surface area (TPSA) is 184 Å². The number of Topliss-reactive ketones (excluding diaryl/α,β-unsaturated/α-hetero) is 2. The van der Waals surface area contributed by atoms with Gasteiger partial charge >= 0.3 is 0 Å². The summed E-state index contributed by atoms with van der Waals surface area (Å²) in [5.41, 5.74) is 16.9. The van der Waals surface area contributed by atoms with Crippen LogP contribution in [0.1, 0.15) is 42.5 Å². The molecule has 2 aromatic rings. The summed E-state index contributed by atoms with van der Waals surface area (Å²) in [6, 6.07) is 6.86. The number of nitrogens with zero attached hydrogens (tertiary/aromatic N) is 2. The highest BCUT2D eigenvalue weighted by molar-refractivity contribution is 7.80. The van der Waals surface area contributed by atoms with Gasteiger partial charge in [-0.2, -0.15) is 0 Å². The Morgan fingerprint density at radius 3 is 2.55 bits per heavy atom. The van der Waals surface area contributed by atoms with Crippen LogP contribution in [0, 0.1) is 5.92 Å². The van der Waals surface area contributed by atoms with E-state index in [0.29, 0.717) is 40.7 Å². The van der Waals surface area contributed by atoms with Gasteiger partial charge in [0, 0.05) is 53.8 Å². The molecule has 0 unspecified atom stereocenters. The molecule has 0 aliphatic rings. The molecule has 10 nitrogen and oxygen atoms in total. The van der Waals surface area contributed by atoms with Crippen molar-refractivity contribution in [3.63, 3.8) is 0 Å². The molecule has 7 N–H and O–H groups in total. The molecule has 176 valence electrons. The van der Waals surface area contributed by atoms with Crippen LogP contribution in [0.3, 0.4) is 0 Å². The number of nitrogens with one attached hydrogen (secondary N) is 1. The van der Waals surface area contributed by atoms with Crippen LogP contribution in [0.25, 0.3) is 10.9 Å². The first-order valence-electron chi connectivity index (χ1n) is 10.4. The van der Waals surface area contributed by atoms with Crippen LogP contribution in [0.15, 0.2) is 40.4 Å². The van der Waals surface area contributed by atoms with Crippen molar-refractivity contribution in [1.82, 2.24) is 10.3 Å². The van der Waals surface area contributed by atoms with Gasteiger partial charge in [0.1, 0.15) is 0 Å². The molecular weight excluding hydrogens is 444 g/mol. The number of benzene rings is 1. The third kappa shape index (κ3) is 8.19. The van der Waals surface area contributed by atoms with E-state index in [2.05, 4.69) is 27.9 Å². The fourth-order valence-corrected chi connectivity index (χ4v) is 3.54. The van der Waals surface area contributed by atoms with Crippen molar-refractivity contribution < 1.29 is 19.2 Å². The number of fused-ring (bicyclic) bond motifs is 1. The van der Waals surface area contributed by atoms with Gasteiger partial charge in [0.05, 0.1) is 12.1 Å². The van der Waals surface area contributed by atoms with Gasteiger partial charge in [-0.15, -0.1) is 12.6 Å². The minimum atomic E-state index is -0.665. The van der Waals surface area contributed by atoms with Crippen LogP contribution >= 0.6 is 12.6 Å². The van der Waals surface area contributed by atoms with Crippen molar-refractivity contribution in [1.29, 1.82) is 0 Å². The molecule has 2 amide bonds. The minimum absolute atomic E-state index is 0.0232. The number of rotatable bonds is 13. The zero-order chi connectivity index (χ0) is 24.4. The maximum Gasteiger partial charge on any atom is 0.220 e. The minimum Gasteiger partial charge on any atom is -0.370 e. The smallest absolute Gasteiger partial charge is 0.220 e. The summed E-state index contributed by atoms with van der Waals surface area (Å²) in [5.74, 6) is -2.29. The van der Waals surface area contributed by atoms with Crippen LogP contribution in [-0.4, -0.2) is 47.4 Å². The molecule has 11 heteroatoms. The van der Waals surface area contributed by atoms with E-state index in [4.69, 9.17) is 17.2 Å². The van der Waals surface area contributed by atoms with Crippen molar-refractivity contribution >= 4 is 52.9 Å². The molecule has 2 rings (SSSR count). The van der Waals surface area contributed by atoms with Crippen molar-refractivity contribution in [2.75, 3.05) is 13.1 Å². The first kappa shape index (κ1) is 25.8. The van der Waals surface area contributed by atoms with E-state index < -0.39 is 17.7 Å². The van der Waals surface area contributed by atoms with Gasteiger partial charge in [-0.25, -0.2) is 0 Å². The Kier molecular flexibility index (Phi) is 9.80. The number of amides is 2. The van der Waals surface area contributed by atoms with Crippen molar-refractivity contribution in [3.8, 4) is 0 Å². The molecular formula is C22H28N6O4S. The molecule has 0 spiro atoms. The lowest BCUT2D eigenvalue weighted by atomic mass is 9.96. The molecule has 1 aromatic heterocycles. The van der Waals surface area contributed by atoms with E-state index in [-0.39, 0.29) is 43.3 Å².